The molecule has 1 amide bonds. The SMILES string of the molecule is COc1ccc(OC)c(-c2csc(NC(=O)COC(=O)CCOc3ccccc3C)n2)c1. The van der Waals surface area contributed by atoms with Gasteiger partial charge in [-0.2, -0.15) is 0 Å². The number of hydrogen-bond donors (Lipinski definition) is 1. The van der Waals surface area contributed by atoms with E-state index in [4.69, 9.17) is 18.9 Å². The summed E-state index contributed by atoms with van der Waals surface area (Å²) >= 11 is 1.25. The van der Waals surface area contributed by atoms with Crippen molar-refractivity contribution in [3.8, 4) is 28.5 Å². The van der Waals surface area contributed by atoms with Crippen molar-refractivity contribution in [2.24, 2.45) is 0 Å². The lowest BCUT2D eigenvalue weighted by molar-refractivity contribution is -0.147. The number of benzene rings is 2. The average Bonchev–Trinajstić information content (AvgIpc) is 3.26. The van der Waals surface area contributed by atoms with Crippen molar-refractivity contribution in [2.75, 3.05) is 32.8 Å². The maximum Gasteiger partial charge on any atom is 0.309 e. The van der Waals surface area contributed by atoms with Gasteiger partial charge in [0.25, 0.3) is 5.91 Å². The lowest BCUT2D eigenvalue weighted by Gasteiger charge is -2.09. The van der Waals surface area contributed by atoms with Crippen LogP contribution in [0.15, 0.2) is 47.8 Å². The number of hydrogen-bond acceptors (Lipinski definition) is 8. The molecule has 2 aromatic carbocycles. The summed E-state index contributed by atoms with van der Waals surface area (Å²) in [5, 5.41) is 4.81. The summed E-state index contributed by atoms with van der Waals surface area (Å²) in [7, 11) is 3.15. The van der Waals surface area contributed by atoms with Crippen LogP contribution in [-0.4, -0.2) is 44.3 Å². The van der Waals surface area contributed by atoms with Gasteiger partial charge >= 0.3 is 5.97 Å². The highest BCUT2D eigenvalue weighted by atomic mass is 32.1. The van der Waals surface area contributed by atoms with Gasteiger partial charge in [0.15, 0.2) is 11.7 Å². The number of aryl methyl sites for hydroxylation is 1. The van der Waals surface area contributed by atoms with Crippen molar-refractivity contribution in [3.63, 3.8) is 0 Å². The lowest BCUT2D eigenvalue weighted by atomic mass is 10.1. The molecule has 1 N–H and O–H groups in total. The second-order valence-electron chi connectivity index (χ2n) is 6.68. The third kappa shape index (κ3) is 6.21. The van der Waals surface area contributed by atoms with E-state index in [0.717, 1.165) is 11.1 Å². The minimum absolute atomic E-state index is 0.0403. The minimum Gasteiger partial charge on any atom is -0.497 e. The smallest absolute Gasteiger partial charge is 0.309 e. The molecule has 0 bridgehead atoms. The van der Waals surface area contributed by atoms with Crippen LogP contribution in [0.3, 0.4) is 0 Å². The van der Waals surface area contributed by atoms with Gasteiger partial charge in [-0.25, -0.2) is 4.98 Å². The number of nitrogens with one attached hydrogen (secondary N) is 1. The Morgan fingerprint density at radius 2 is 1.88 bits per heavy atom. The van der Waals surface area contributed by atoms with Gasteiger partial charge in [-0.15, -0.1) is 11.3 Å². The number of methoxy groups -OCH3 is 2. The highest BCUT2D eigenvalue weighted by Crippen LogP contribution is 2.35. The van der Waals surface area contributed by atoms with Crippen LogP contribution in [0.2, 0.25) is 0 Å². The quantitative estimate of drug-likeness (QED) is 0.459. The van der Waals surface area contributed by atoms with Gasteiger partial charge in [0.1, 0.15) is 17.2 Å². The van der Waals surface area contributed by atoms with Crippen molar-refractivity contribution < 1.29 is 28.5 Å². The molecule has 0 fully saturated rings. The van der Waals surface area contributed by atoms with E-state index in [1.54, 1.807) is 37.8 Å². The van der Waals surface area contributed by atoms with E-state index < -0.39 is 18.5 Å². The maximum atomic E-state index is 12.1. The molecule has 3 rings (SSSR count). The number of para-hydroxylation sites is 1. The Balaban J connectivity index is 1.47. The van der Waals surface area contributed by atoms with Crippen molar-refractivity contribution in [1.82, 2.24) is 4.98 Å². The van der Waals surface area contributed by atoms with E-state index in [9.17, 15) is 9.59 Å². The standard InChI is InChI=1S/C23H24N2O6S/c1-15-6-4-5-7-19(15)30-11-10-22(27)31-13-21(26)25-23-24-18(14-32-23)17-12-16(28-2)8-9-20(17)29-3/h4-9,12,14H,10-11,13H2,1-3H3,(H,24,25,26). The first kappa shape index (κ1) is 23.1. The topological polar surface area (TPSA) is 96.0 Å². The van der Waals surface area contributed by atoms with E-state index >= 15 is 0 Å². The van der Waals surface area contributed by atoms with Crippen molar-refractivity contribution in [1.29, 1.82) is 0 Å². The van der Waals surface area contributed by atoms with Gasteiger partial charge in [-0.1, -0.05) is 18.2 Å². The Kier molecular flexibility index (Phi) is 8.04. The van der Waals surface area contributed by atoms with E-state index in [2.05, 4.69) is 10.3 Å². The number of thiazole rings is 1. The molecule has 0 spiro atoms. The largest absolute Gasteiger partial charge is 0.497 e. The fourth-order valence-corrected chi connectivity index (χ4v) is 3.53. The van der Waals surface area contributed by atoms with Crippen LogP contribution in [0.5, 0.6) is 17.2 Å². The number of carbonyl (C=O) groups excluding carboxylic acids is 2. The Morgan fingerprint density at radius 1 is 1.06 bits per heavy atom. The molecule has 8 nitrogen and oxygen atoms in total. The van der Waals surface area contributed by atoms with Crippen LogP contribution in [0.25, 0.3) is 11.3 Å². The fraction of sp³-hybridized carbons (Fsp3) is 0.261. The maximum absolute atomic E-state index is 12.1. The van der Waals surface area contributed by atoms with E-state index in [1.807, 2.05) is 31.2 Å². The summed E-state index contributed by atoms with van der Waals surface area (Å²) in [5.74, 6) is 1.02. The van der Waals surface area contributed by atoms with Crippen LogP contribution in [0.1, 0.15) is 12.0 Å². The monoisotopic (exact) mass is 456 g/mol. The van der Waals surface area contributed by atoms with Crippen molar-refractivity contribution >= 4 is 28.3 Å². The number of aromatic nitrogens is 1. The number of carbonyl (C=O) groups is 2. The van der Waals surface area contributed by atoms with Gasteiger partial charge in [-0.05, 0) is 36.8 Å². The number of anilines is 1. The Hall–Kier alpha value is -3.59. The molecule has 0 saturated carbocycles. The molecule has 0 aliphatic rings. The van der Waals surface area contributed by atoms with Crippen LogP contribution in [0.4, 0.5) is 5.13 Å². The van der Waals surface area contributed by atoms with Gasteiger partial charge in [0, 0.05) is 10.9 Å². The predicted octanol–water partition coefficient (Wildman–Crippen LogP) is 4.09. The summed E-state index contributed by atoms with van der Waals surface area (Å²) < 4.78 is 21.2. The molecule has 0 saturated heterocycles. The Labute approximate surface area is 190 Å². The Morgan fingerprint density at radius 3 is 2.62 bits per heavy atom. The van der Waals surface area contributed by atoms with Gasteiger partial charge in [0.05, 0.1) is 32.9 Å². The zero-order chi connectivity index (χ0) is 22.9. The summed E-state index contributed by atoms with van der Waals surface area (Å²) in [6.45, 7) is 1.69. The van der Waals surface area contributed by atoms with Gasteiger partial charge < -0.3 is 18.9 Å². The third-order valence-corrected chi connectivity index (χ3v) is 5.21. The molecule has 9 heteroatoms. The zero-order valence-corrected chi connectivity index (χ0v) is 18.9. The normalized spacial score (nSPS) is 10.3. The van der Waals surface area contributed by atoms with Crippen LogP contribution in [-0.2, 0) is 14.3 Å². The number of amides is 1. The van der Waals surface area contributed by atoms with E-state index in [0.29, 0.717) is 28.1 Å². The summed E-state index contributed by atoms with van der Waals surface area (Å²) in [4.78, 5) is 28.4. The van der Waals surface area contributed by atoms with Gasteiger partial charge in [-0.3, -0.25) is 14.9 Å². The molecule has 1 aromatic heterocycles. The highest BCUT2D eigenvalue weighted by molar-refractivity contribution is 7.14. The van der Waals surface area contributed by atoms with Crippen LogP contribution < -0.4 is 19.5 Å². The summed E-state index contributed by atoms with van der Waals surface area (Å²) in [5.41, 5.74) is 2.35. The molecule has 0 radical (unpaired) electrons. The predicted molar refractivity (Wildman–Crippen MR) is 122 cm³/mol. The molecule has 0 aliphatic carbocycles. The second-order valence-corrected chi connectivity index (χ2v) is 7.54. The number of nitrogens with zero attached hydrogens (tertiary/aromatic N) is 1. The Bertz CT molecular complexity index is 1080. The third-order valence-electron chi connectivity index (χ3n) is 4.45. The average molecular weight is 457 g/mol. The molecule has 0 aliphatic heterocycles. The molecular weight excluding hydrogens is 432 g/mol. The first-order valence-electron chi connectivity index (χ1n) is 9.82. The molecule has 32 heavy (non-hydrogen) atoms. The first-order chi connectivity index (χ1) is 15.5. The van der Waals surface area contributed by atoms with Crippen LogP contribution in [0, 0.1) is 6.92 Å². The molecule has 168 valence electrons. The van der Waals surface area contributed by atoms with E-state index in [1.165, 1.54) is 11.3 Å². The minimum atomic E-state index is -0.519. The number of esters is 1. The molecule has 3 aromatic rings. The highest BCUT2D eigenvalue weighted by Gasteiger charge is 2.14. The van der Waals surface area contributed by atoms with E-state index in [-0.39, 0.29) is 13.0 Å². The van der Waals surface area contributed by atoms with Crippen molar-refractivity contribution in [2.45, 2.75) is 13.3 Å². The molecule has 0 unspecified atom stereocenters. The van der Waals surface area contributed by atoms with Crippen molar-refractivity contribution in [3.05, 3.63) is 53.4 Å². The number of ether oxygens (including phenoxy) is 4. The lowest BCUT2D eigenvalue weighted by Crippen LogP contribution is -2.21. The molecular formula is C23H24N2O6S. The van der Waals surface area contributed by atoms with Crippen LogP contribution >= 0.6 is 11.3 Å². The fourth-order valence-electron chi connectivity index (χ4n) is 2.81. The first-order valence-corrected chi connectivity index (χ1v) is 10.7. The van der Waals surface area contributed by atoms with Gasteiger partial charge in [0.2, 0.25) is 0 Å². The summed E-state index contributed by atoms with van der Waals surface area (Å²) in [6.07, 6.45) is 0.0403. The molecule has 0 atom stereocenters. The molecule has 1 heterocycles. The second kappa shape index (κ2) is 11.1. The summed E-state index contributed by atoms with van der Waals surface area (Å²) in [6, 6.07) is 12.9. The number of rotatable bonds is 10. The zero-order valence-electron chi connectivity index (χ0n) is 18.0.